The Morgan fingerprint density at radius 2 is 1.64 bits per heavy atom. The van der Waals surface area contributed by atoms with Crippen LogP contribution in [-0.2, 0) is 18.8 Å². The maximum absolute atomic E-state index is 14.0. The molecule has 3 aliphatic carbocycles. The lowest BCUT2D eigenvalue weighted by molar-refractivity contribution is -0.211. The number of rotatable bonds is 4. The van der Waals surface area contributed by atoms with Gasteiger partial charge < -0.3 is 9.16 Å². The zero-order valence-electron chi connectivity index (χ0n) is 24.2. The summed E-state index contributed by atoms with van der Waals surface area (Å²) in [6, 6.07) is 22.8. The van der Waals surface area contributed by atoms with Crippen LogP contribution in [0.3, 0.4) is 0 Å². The van der Waals surface area contributed by atoms with Crippen LogP contribution in [0.2, 0.25) is 6.04 Å². The molecule has 2 aromatic rings. The van der Waals surface area contributed by atoms with Crippen molar-refractivity contribution in [2.75, 3.05) is 0 Å². The highest BCUT2D eigenvalue weighted by molar-refractivity contribution is 6.97. The minimum absolute atomic E-state index is 0.0400. The van der Waals surface area contributed by atoms with E-state index >= 15 is 0 Å². The lowest BCUT2D eigenvalue weighted by Crippen LogP contribution is -2.74. The smallest absolute Gasteiger partial charge is 0.302 e. The van der Waals surface area contributed by atoms with Crippen LogP contribution in [0, 0.1) is 34.0 Å². The van der Waals surface area contributed by atoms with Crippen molar-refractivity contribution < 1.29 is 18.8 Å². The summed E-state index contributed by atoms with van der Waals surface area (Å²) >= 11 is 0. The van der Waals surface area contributed by atoms with Gasteiger partial charge in [0.2, 0.25) is 0 Å². The molecule has 4 nitrogen and oxygen atoms in total. The summed E-state index contributed by atoms with van der Waals surface area (Å²) in [7, 11) is -2.62. The minimum atomic E-state index is -2.62. The van der Waals surface area contributed by atoms with Gasteiger partial charge in [-0.25, -0.2) is 0 Å². The number of esters is 1. The first-order chi connectivity index (χ1) is 18.6. The molecule has 0 aromatic heterocycles. The normalized spacial score (nSPS) is 40.7. The van der Waals surface area contributed by atoms with Gasteiger partial charge in [-0.3, -0.25) is 9.59 Å². The van der Waals surface area contributed by atoms with Crippen molar-refractivity contribution in [1.82, 2.24) is 0 Å². The average molecular weight is 545 g/mol. The number of ether oxygens (including phenoxy) is 1. The van der Waals surface area contributed by atoms with E-state index < -0.39 is 8.32 Å². The molecule has 208 valence electrons. The Labute approximate surface area is 235 Å². The molecule has 8 atom stereocenters. The number of ketones is 1. The van der Waals surface area contributed by atoms with Gasteiger partial charge >= 0.3 is 5.97 Å². The van der Waals surface area contributed by atoms with Gasteiger partial charge in [0.05, 0.1) is 6.10 Å². The quantitative estimate of drug-likeness (QED) is 0.354. The fraction of sp³-hybridized carbons (Fsp3) is 0.588. The van der Waals surface area contributed by atoms with Gasteiger partial charge in [0, 0.05) is 36.0 Å². The average Bonchev–Trinajstić information content (AvgIpc) is 3.30. The number of hydrogen-bond acceptors (Lipinski definition) is 4. The largest absolute Gasteiger partial charge is 0.462 e. The van der Waals surface area contributed by atoms with E-state index in [2.05, 4.69) is 88.4 Å². The van der Waals surface area contributed by atoms with Gasteiger partial charge in [0.15, 0.2) is 0 Å². The highest BCUT2D eigenvalue weighted by atomic mass is 28.4. The van der Waals surface area contributed by atoms with Gasteiger partial charge in [0.1, 0.15) is 11.9 Å². The van der Waals surface area contributed by atoms with Crippen LogP contribution < -0.4 is 10.4 Å². The van der Waals surface area contributed by atoms with Gasteiger partial charge in [-0.2, -0.15) is 0 Å². The van der Waals surface area contributed by atoms with E-state index in [1.54, 1.807) is 0 Å². The van der Waals surface area contributed by atoms with Crippen LogP contribution >= 0.6 is 0 Å². The highest BCUT2D eigenvalue weighted by Crippen LogP contribution is 2.70. The minimum Gasteiger partial charge on any atom is -0.462 e. The molecule has 5 heteroatoms. The molecule has 2 aromatic carbocycles. The molecule has 1 saturated heterocycles. The Kier molecular flexibility index (Phi) is 6.50. The van der Waals surface area contributed by atoms with Gasteiger partial charge in [0.25, 0.3) is 8.32 Å². The summed E-state index contributed by atoms with van der Waals surface area (Å²) < 4.78 is 14.0. The Hall–Kier alpha value is -2.24. The van der Waals surface area contributed by atoms with E-state index in [4.69, 9.17) is 9.16 Å². The van der Waals surface area contributed by atoms with Crippen LogP contribution in [0.4, 0.5) is 0 Å². The molecule has 3 saturated carbocycles. The van der Waals surface area contributed by atoms with Crippen LogP contribution in [0.5, 0.6) is 0 Å². The van der Waals surface area contributed by atoms with Crippen molar-refractivity contribution in [3.8, 4) is 0 Å². The van der Waals surface area contributed by atoms with Crippen LogP contribution in [0.25, 0.3) is 0 Å². The summed E-state index contributed by atoms with van der Waals surface area (Å²) in [4.78, 5) is 26.5. The first-order valence-electron chi connectivity index (χ1n) is 15.1. The number of Topliss-reactive ketones (excluding diaryl/α,β-unsaturated/α-hetero) is 1. The third-order valence-electron chi connectivity index (χ3n) is 12.0. The molecule has 6 rings (SSSR count). The van der Waals surface area contributed by atoms with Gasteiger partial charge in [-0.1, -0.05) is 88.4 Å². The van der Waals surface area contributed by atoms with E-state index in [0.717, 1.165) is 38.1 Å². The summed E-state index contributed by atoms with van der Waals surface area (Å²) in [6.07, 6.45) is 5.07. The molecular formula is C34H44O4Si. The topological polar surface area (TPSA) is 52.6 Å². The summed E-state index contributed by atoms with van der Waals surface area (Å²) in [5.41, 5.74) is -0.604. The second-order valence-electron chi connectivity index (χ2n) is 13.6. The zero-order chi connectivity index (χ0) is 27.6. The molecule has 39 heavy (non-hydrogen) atoms. The maximum atomic E-state index is 14.0. The molecule has 2 bridgehead atoms. The Bertz CT molecular complexity index is 1210. The van der Waals surface area contributed by atoms with E-state index in [0.29, 0.717) is 18.1 Å². The zero-order valence-corrected chi connectivity index (χ0v) is 25.2. The Morgan fingerprint density at radius 1 is 1.03 bits per heavy atom. The number of benzene rings is 2. The van der Waals surface area contributed by atoms with Crippen molar-refractivity contribution in [3.63, 3.8) is 0 Å². The standard InChI is InChI=1S/C34H44O4Si/c1-6-32(4)21-29-33(5)25(17-19-34(20-18-28(36)30(33)34)23(2)31(32)37-24(3)35)22-39(38-29,26-13-9-7-10-14-26)27-15-11-8-12-16-27/h7-16,23,25,29-31H,6,17-22H2,1-5H3/t23-,25+,29-,30?,31+,32-,33+,34+/m1/s1. The van der Waals surface area contributed by atoms with Crippen molar-refractivity contribution in [2.45, 2.75) is 91.4 Å². The number of carbonyl (C=O) groups excluding carboxylic acids is 2. The number of hydrogen-bond donors (Lipinski definition) is 0. The van der Waals surface area contributed by atoms with E-state index in [1.807, 2.05) is 0 Å². The van der Waals surface area contributed by atoms with Crippen molar-refractivity contribution in [3.05, 3.63) is 60.7 Å². The second-order valence-corrected chi connectivity index (χ2v) is 17.1. The molecule has 0 amide bonds. The lowest BCUT2D eigenvalue weighted by atomic mass is 9.43. The van der Waals surface area contributed by atoms with Crippen molar-refractivity contribution >= 4 is 30.4 Å². The first-order valence-corrected chi connectivity index (χ1v) is 17.2. The molecular weight excluding hydrogens is 500 g/mol. The van der Waals surface area contributed by atoms with Crippen molar-refractivity contribution in [2.24, 2.45) is 34.0 Å². The van der Waals surface area contributed by atoms with Crippen molar-refractivity contribution in [1.29, 1.82) is 0 Å². The van der Waals surface area contributed by atoms with Gasteiger partial charge in [-0.15, -0.1) is 0 Å². The van der Waals surface area contributed by atoms with Crippen LogP contribution in [-0.4, -0.2) is 32.3 Å². The number of carbonyl (C=O) groups is 2. The molecule has 0 radical (unpaired) electrons. The molecule has 0 N–H and O–H groups in total. The van der Waals surface area contributed by atoms with Gasteiger partial charge in [-0.05, 0) is 59.9 Å². The molecule has 0 spiro atoms. The van der Waals surface area contributed by atoms with Crippen LogP contribution in [0.1, 0.15) is 73.1 Å². The predicted octanol–water partition coefficient (Wildman–Crippen LogP) is 5.91. The molecule has 1 unspecified atom stereocenters. The highest BCUT2D eigenvalue weighted by Gasteiger charge is 2.72. The Morgan fingerprint density at radius 3 is 2.21 bits per heavy atom. The molecule has 4 fully saturated rings. The predicted molar refractivity (Wildman–Crippen MR) is 156 cm³/mol. The van der Waals surface area contributed by atoms with E-state index in [9.17, 15) is 9.59 Å². The second kappa shape index (κ2) is 9.41. The Balaban J connectivity index is 1.57. The SMILES string of the molecule is CC[C@]1(C)C[C@H]2O[Si](c3ccccc3)(c3ccccc3)C[C@@H]3CC[C@]4(CCC(=O)C4[C@@]32C)[C@H](C)[C@@H]1OC(C)=O. The van der Waals surface area contributed by atoms with E-state index in [1.165, 1.54) is 17.3 Å². The van der Waals surface area contributed by atoms with E-state index in [-0.39, 0.29) is 46.3 Å². The maximum Gasteiger partial charge on any atom is 0.302 e. The third kappa shape index (κ3) is 3.78. The molecule has 1 heterocycles. The third-order valence-corrected chi connectivity index (χ3v) is 16.3. The fourth-order valence-corrected chi connectivity index (χ4v) is 14.7. The van der Waals surface area contributed by atoms with Crippen LogP contribution in [0.15, 0.2) is 60.7 Å². The fourth-order valence-electron chi connectivity index (χ4n) is 9.87. The lowest BCUT2D eigenvalue weighted by Gasteiger charge is -2.67. The first kappa shape index (κ1) is 27.0. The summed E-state index contributed by atoms with van der Waals surface area (Å²) in [5.74, 6) is 0.707. The monoisotopic (exact) mass is 544 g/mol. The summed E-state index contributed by atoms with van der Waals surface area (Å²) in [6.45, 7) is 10.8. The summed E-state index contributed by atoms with van der Waals surface area (Å²) in [5, 5.41) is 2.64. The molecule has 4 aliphatic rings. The molecule has 1 aliphatic heterocycles.